The molecular formula is C13H17N5S. The molecule has 4 rings (SSSR count). The van der Waals surface area contributed by atoms with Crippen molar-refractivity contribution in [3.05, 3.63) is 27.7 Å². The zero-order chi connectivity index (χ0) is 12.8. The summed E-state index contributed by atoms with van der Waals surface area (Å²) < 4.78 is 2.02. The van der Waals surface area contributed by atoms with Crippen LogP contribution in [-0.4, -0.2) is 31.7 Å². The first-order valence-corrected chi connectivity index (χ1v) is 7.78. The summed E-state index contributed by atoms with van der Waals surface area (Å²) in [7, 11) is 0. The molecule has 1 aliphatic heterocycles. The molecule has 0 radical (unpaired) electrons. The van der Waals surface area contributed by atoms with Crippen LogP contribution in [0, 0.1) is 0 Å². The lowest BCUT2D eigenvalue weighted by Crippen LogP contribution is -2.33. The maximum Gasteiger partial charge on any atom is 0.165 e. The van der Waals surface area contributed by atoms with Crippen LogP contribution >= 0.6 is 11.3 Å². The molecule has 6 heteroatoms. The van der Waals surface area contributed by atoms with Gasteiger partial charge < -0.3 is 0 Å². The van der Waals surface area contributed by atoms with Crippen molar-refractivity contribution in [2.24, 2.45) is 0 Å². The second-order valence-electron chi connectivity index (χ2n) is 5.47. The average molecular weight is 275 g/mol. The molecule has 1 aliphatic carbocycles. The Balaban J connectivity index is 1.56. The van der Waals surface area contributed by atoms with Crippen molar-refractivity contribution in [1.82, 2.24) is 25.1 Å². The Labute approximate surface area is 116 Å². The molecule has 0 aromatic carbocycles. The molecule has 100 valence electrons. The topological polar surface area (TPSA) is 46.8 Å². The first-order valence-electron chi connectivity index (χ1n) is 6.90. The predicted octanol–water partition coefficient (Wildman–Crippen LogP) is 2.19. The van der Waals surface area contributed by atoms with Gasteiger partial charge in [-0.05, 0) is 53.6 Å². The van der Waals surface area contributed by atoms with Gasteiger partial charge >= 0.3 is 0 Å². The lowest BCUT2D eigenvalue weighted by molar-refractivity contribution is 0.183. The minimum absolute atomic E-state index is 0.472. The predicted molar refractivity (Wildman–Crippen MR) is 72.9 cm³/mol. The smallest absolute Gasteiger partial charge is 0.165 e. The summed E-state index contributed by atoms with van der Waals surface area (Å²) in [5.41, 5.74) is 1.49. The van der Waals surface area contributed by atoms with E-state index in [1.807, 2.05) is 16.0 Å². The number of fused-ring (bicyclic) bond motifs is 1. The van der Waals surface area contributed by atoms with Crippen molar-refractivity contribution in [3.8, 4) is 0 Å². The third-order valence-electron chi connectivity index (χ3n) is 4.20. The maximum atomic E-state index is 4.21. The van der Waals surface area contributed by atoms with Gasteiger partial charge in [-0.25, -0.2) is 4.68 Å². The van der Waals surface area contributed by atoms with Crippen LogP contribution in [0.4, 0.5) is 0 Å². The summed E-state index contributed by atoms with van der Waals surface area (Å²) in [5, 5.41) is 14.4. The van der Waals surface area contributed by atoms with E-state index < -0.39 is 0 Å². The fourth-order valence-corrected chi connectivity index (χ4v) is 3.84. The van der Waals surface area contributed by atoms with Crippen molar-refractivity contribution in [2.45, 2.75) is 44.8 Å². The average Bonchev–Trinajstić information content (AvgIpc) is 2.97. The number of thiophene rings is 1. The zero-order valence-electron chi connectivity index (χ0n) is 11.0. The van der Waals surface area contributed by atoms with Crippen molar-refractivity contribution < 1.29 is 0 Å². The molecule has 0 saturated heterocycles. The third kappa shape index (κ3) is 1.99. The summed E-state index contributed by atoms with van der Waals surface area (Å²) in [4.78, 5) is 4.03. The highest BCUT2D eigenvalue weighted by Crippen LogP contribution is 2.36. The van der Waals surface area contributed by atoms with E-state index in [2.05, 4.69) is 38.8 Å². The number of hydrogen-bond donors (Lipinski definition) is 0. The Hall–Kier alpha value is -1.27. The Kier molecular flexibility index (Phi) is 2.66. The molecule has 1 atom stereocenters. The second-order valence-corrected chi connectivity index (χ2v) is 6.47. The molecule has 0 amide bonds. The van der Waals surface area contributed by atoms with Gasteiger partial charge in [0.25, 0.3) is 0 Å². The van der Waals surface area contributed by atoms with Crippen LogP contribution in [-0.2, 0) is 13.0 Å². The molecule has 0 spiro atoms. The van der Waals surface area contributed by atoms with Gasteiger partial charge in [0.05, 0.1) is 12.6 Å². The number of tetrazole rings is 1. The van der Waals surface area contributed by atoms with E-state index >= 15 is 0 Å². The Morgan fingerprint density at radius 2 is 2.32 bits per heavy atom. The van der Waals surface area contributed by atoms with E-state index in [0.717, 1.165) is 25.3 Å². The molecule has 1 saturated carbocycles. The molecule has 0 bridgehead atoms. The largest absolute Gasteiger partial charge is 0.289 e. The number of hydrogen-bond acceptors (Lipinski definition) is 5. The molecule has 1 fully saturated rings. The highest BCUT2D eigenvalue weighted by molar-refractivity contribution is 7.10. The van der Waals surface area contributed by atoms with Crippen LogP contribution in [0.2, 0.25) is 0 Å². The molecular weight excluding hydrogens is 258 g/mol. The van der Waals surface area contributed by atoms with Crippen LogP contribution in [0.15, 0.2) is 11.4 Å². The van der Waals surface area contributed by atoms with E-state index in [-0.39, 0.29) is 0 Å². The van der Waals surface area contributed by atoms with Gasteiger partial charge in [0.15, 0.2) is 5.82 Å². The van der Waals surface area contributed by atoms with E-state index in [9.17, 15) is 0 Å². The summed E-state index contributed by atoms with van der Waals surface area (Å²) in [5.74, 6) is 1.02. The SMILES string of the molecule is CC1c2ccsc2CCN1Cc1nnnn1C1CC1. The fraction of sp³-hybridized carbons (Fsp3) is 0.615. The van der Waals surface area contributed by atoms with Gasteiger partial charge in [0, 0.05) is 17.5 Å². The lowest BCUT2D eigenvalue weighted by Gasteiger charge is -2.32. The third-order valence-corrected chi connectivity index (χ3v) is 5.20. The fourth-order valence-electron chi connectivity index (χ4n) is 2.88. The van der Waals surface area contributed by atoms with Crippen molar-refractivity contribution in [3.63, 3.8) is 0 Å². The molecule has 1 unspecified atom stereocenters. The van der Waals surface area contributed by atoms with Crippen LogP contribution in [0.1, 0.15) is 48.1 Å². The quantitative estimate of drug-likeness (QED) is 0.861. The summed E-state index contributed by atoms with van der Waals surface area (Å²) >= 11 is 1.88. The first kappa shape index (κ1) is 11.5. The Bertz CT molecular complexity index is 585. The van der Waals surface area contributed by atoms with Gasteiger partial charge in [0.2, 0.25) is 0 Å². The molecule has 5 nitrogen and oxygen atoms in total. The van der Waals surface area contributed by atoms with Gasteiger partial charge in [-0.3, -0.25) is 4.90 Å². The molecule has 0 N–H and O–H groups in total. The van der Waals surface area contributed by atoms with E-state index in [0.29, 0.717) is 12.1 Å². The van der Waals surface area contributed by atoms with Crippen LogP contribution in [0.3, 0.4) is 0 Å². The second kappa shape index (κ2) is 4.38. The standard InChI is InChI=1S/C13H17N5S/c1-9-11-5-7-19-12(11)4-6-17(9)8-13-14-15-16-18(13)10-2-3-10/h5,7,9-10H,2-4,6,8H2,1H3. The van der Waals surface area contributed by atoms with E-state index in [1.54, 1.807) is 4.88 Å². The highest BCUT2D eigenvalue weighted by atomic mass is 32.1. The van der Waals surface area contributed by atoms with Crippen LogP contribution in [0.25, 0.3) is 0 Å². The molecule has 2 aliphatic rings. The van der Waals surface area contributed by atoms with E-state index in [4.69, 9.17) is 0 Å². The van der Waals surface area contributed by atoms with Gasteiger partial charge in [-0.2, -0.15) is 0 Å². The van der Waals surface area contributed by atoms with Gasteiger partial charge in [0.1, 0.15) is 0 Å². The summed E-state index contributed by atoms with van der Waals surface area (Å²) in [6.07, 6.45) is 3.60. The molecule has 2 aromatic rings. The van der Waals surface area contributed by atoms with Gasteiger partial charge in [-0.15, -0.1) is 16.4 Å². The highest BCUT2D eigenvalue weighted by Gasteiger charge is 2.30. The van der Waals surface area contributed by atoms with Crippen LogP contribution in [0.5, 0.6) is 0 Å². The molecule has 19 heavy (non-hydrogen) atoms. The number of aromatic nitrogens is 4. The van der Waals surface area contributed by atoms with Crippen molar-refractivity contribution in [1.29, 1.82) is 0 Å². The summed E-state index contributed by atoms with van der Waals surface area (Å²) in [6, 6.07) is 3.29. The number of nitrogens with zero attached hydrogens (tertiary/aromatic N) is 5. The zero-order valence-corrected chi connectivity index (χ0v) is 11.8. The normalized spacial score (nSPS) is 23.5. The molecule has 2 aromatic heterocycles. The monoisotopic (exact) mass is 275 g/mol. The van der Waals surface area contributed by atoms with Crippen LogP contribution < -0.4 is 0 Å². The Morgan fingerprint density at radius 3 is 3.16 bits per heavy atom. The minimum Gasteiger partial charge on any atom is -0.289 e. The lowest BCUT2D eigenvalue weighted by atomic mass is 10.0. The molecule has 3 heterocycles. The van der Waals surface area contributed by atoms with Gasteiger partial charge in [-0.1, -0.05) is 0 Å². The van der Waals surface area contributed by atoms with E-state index in [1.165, 1.54) is 18.4 Å². The summed E-state index contributed by atoms with van der Waals surface area (Å²) in [6.45, 7) is 4.25. The first-order chi connectivity index (χ1) is 9.33. The number of rotatable bonds is 3. The van der Waals surface area contributed by atoms with Crippen molar-refractivity contribution in [2.75, 3.05) is 6.54 Å². The van der Waals surface area contributed by atoms with Crippen molar-refractivity contribution >= 4 is 11.3 Å². The minimum atomic E-state index is 0.472. The maximum absolute atomic E-state index is 4.21. The Morgan fingerprint density at radius 1 is 1.42 bits per heavy atom.